The molecular formula is C24H26N2O4S. The summed E-state index contributed by atoms with van der Waals surface area (Å²) in [4.78, 5) is 12.9. The van der Waals surface area contributed by atoms with Crippen LogP contribution in [0.4, 0.5) is 5.69 Å². The van der Waals surface area contributed by atoms with Gasteiger partial charge >= 0.3 is 0 Å². The van der Waals surface area contributed by atoms with Gasteiger partial charge in [-0.1, -0.05) is 36.4 Å². The molecule has 1 N–H and O–H groups in total. The second-order valence-corrected chi connectivity index (χ2v) is 9.22. The standard InChI is InChI=1S/C24H26N2O4S/c1-18-9-10-21(15-19(18)2)25-24(27)17-26(16-20-7-5-4-6-8-20)31(28,29)23-13-11-22(30-3)12-14-23/h4-15H,16-17H2,1-3H3,(H,25,27). The third-order valence-electron chi connectivity index (χ3n) is 5.01. The lowest BCUT2D eigenvalue weighted by molar-refractivity contribution is -0.116. The van der Waals surface area contributed by atoms with E-state index in [1.165, 1.54) is 23.5 Å². The van der Waals surface area contributed by atoms with E-state index in [0.717, 1.165) is 16.7 Å². The van der Waals surface area contributed by atoms with Crippen molar-refractivity contribution in [2.45, 2.75) is 25.3 Å². The number of methoxy groups -OCH3 is 1. The molecule has 3 rings (SSSR count). The Morgan fingerprint density at radius 1 is 0.935 bits per heavy atom. The van der Waals surface area contributed by atoms with Crippen molar-refractivity contribution < 1.29 is 17.9 Å². The van der Waals surface area contributed by atoms with Gasteiger partial charge in [-0.15, -0.1) is 0 Å². The van der Waals surface area contributed by atoms with Gasteiger partial charge in [0.05, 0.1) is 18.6 Å². The van der Waals surface area contributed by atoms with Crippen molar-refractivity contribution in [2.24, 2.45) is 0 Å². The molecular weight excluding hydrogens is 412 g/mol. The maximum Gasteiger partial charge on any atom is 0.243 e. The highest BCUT2D eigenvalue weighted by Gasteiger charge is 2.27. The Bertz CT molecular complexity index is 1140. The Morgan fingerprint density at radius 3 is 2.23 bits per heavy atom. The van der Waals surface area contributed by atoms with Crippen molar-refractivity contribution >= 4 is 21.6 Å². The first-order chi connectivity index (χ1) is 14.8. The van der Waals surface area contributed by atoms with E-state index in [4.69, 9.17) is 4.74 Å². The van der Waals surface area contributed by atoms with E-state index in [1.807, 2.05) is 56.3 Å². The molecule has 1 amide bonds. The largest absolute Gasteiger partial charge is 0.497 e. The van der Waals surface area contributed by atoms with Gasteiger partial charge in [0.15, 0.2) is 0 Å². The third kappa shape index (κ3) is 5.71. The molecule has 0 aliphatic heterocycles. The highest BCUT2D eigenvalue weighted by atomic mass is 32.2. The summed E-state index contributed by atoms with van der Waals surface area (Å²) in [5.41, 5.74) is 3.59. The molecule has 0 saturated heterocycles. The van der Waals surface area contributed by atoms with E-state index in [1.54, 1.807) is 18.2 Å². The lowest BCUT2D eigenvalue weighted by Gasteiger charge is -2.22. The van der Waals surface area contributed by atoms with Crippen LogP contribution >= 0.6 is 0 Å². The lowest BCUT2D eigenvalue weighted by atomic mass is 10.1. The third-order valence-corrected chi connectivity index (χ3v) is 6.82. The maximum atomic E-state index is 13.3. The maximum absolute atomic E-state index is 13.3. The average molecular weight is 439 g/mol. The van der Waals surface area contributed by atoms with Gasteiger partial charge in [0.25, 0.3) is 0 Å². The van der Waals surface area contributed by atoms with Gasteiger partial charge in [-0.25, -0.2) is 8.42 Å². The number of carbonyl (C=O) groups is 1. The van der Waals surface area contributed by atoms with Crippen LogP contribution in [0.5, 0.6) is 5.75 Å². The van der Waals surface area contributed by atoms with Crippen molar-refractivity contribution in [3.63, 3.8) is 0 Å². The van der Waals surface area contributed by atoms with Crippen molar-refractivity contribution in [3.8, 4) is 5.75 Å². The molecule has 31 heavy (non-hydrogen) atoms. The number of aryl methyl sites for hydroxylation is 2. The molecule has 0 fully saturated rings. The number of ether oxygens (including phenoxy) is 1. The predicted octanol–water partition coefficient (Wildman–Crippen LogP) is 4.14. The minimum absolute atomic E-state index is 0.0789. The predicted molar refractivity (Wildman–Crippen MR) is 122 cm³/mol. The van der Waals surface area contributed by atoms with Crippen LogP contribution in [0.2, 0.25) is 0 Å². The number of anilines is 1. The van der Waals surface area contributed by atoms with Gasteiger partial charge in [-0.2, -0.15) is 4.31 Å². The summed E-state index contributed by atoms with van der Waals surface area (Å²) in [5.74, 6) is 0.150. The van der Waals surface area contributed by atoms with E-state index < -0.39 is 15.9 Å². The first-order valence-electron chi connectivity index (χ1n) is 9.85. The van der Waals surface area contributed by atoms with Crippen LogP contribution in [-0.4, -0.2) is 32.3 Å². The molecule has 0 saturated carbocycles. The van der Waals surface area contributed by atoms with Crippen molar-refractivity contribution in [1.29, 1.82) is 0 Å². The monoisotopic (exact) mass is 438 g/mol. The molecule has 162 valence electrons. The zero-order valence-electron chi connectivity index (χ0n) is 17.8. The number of benzene rings is 3. The van der Waals surface area contributed by atoms with Crippen molar-refractivity contribution in [1.82, 2.24) is 4.31 Å². The number of hydrogen-bond donors (Lipinski definition) is 1. The summed E-state index contributed by atoms with van der Waals surface area (Å²) in [6, 6.07) is 20.9. The lowest BCUT2D eigenvalue weighted by Crippen LogP contribution is -2.37. The number of sulfonamides is 1. The van der Waals surface area contributed by atoms with Gasteiger partial charge < -0.3 is 10.1 Å². The van der Waals surface area contributed by atoms with E-state index >= 15 is 0 Å². The molecule has 0 spiro atoms. The molecule has 0 radical (unpaired) electrons. The van der Waals surface area contributed by atoms with E-state index in [9.17, 15) is 13.2 Å². The molecule has 0 aliphatic carbocycles. The highest BCUT2D eigenvalue weighted by molar-refractivity contribution is 7.89. The number of rotatable bonds is 8. The van der Waals surface area contributed by atoms with Crippen molar-refractivity contribution in [2.75, 3.05) is 19.0 Å². The minimum atomic E-state index is -3.91. The van der Waals surface area contributed by atoms with E-state index in [2.05, 4.69) is 5.32 Å². The number of nitrogens with one attached hydrogen (secondary N) is 1. The van der Waals surface area contributed by atoms with E-state index in [-0.39, 0.29) is 18.0 Å². The van der Waals surface area contributed by atoms with Crippen LogP contribution in [0.15, 0.2) is 77.7 Å². The Morgan fingerprint density at radius 2 is 1.61 bits per heavy atom. The number of hydrogen-bond acceptors (Lipinski definition) is 4. The molecule has 3 aromatic rings. The van der Waals surface area contributed by atoms with Gasteiger partial charge in [0.1, 0.15) is 5.75 Å². The van der Waals surface area contributed by atoms with E-state index in [0.29, 0.717) is 11.4 Å². The van der Waals surface area contributed by atoms with Crippen LogP contribution < -0.4 is 10.1 Å². The minimum Gasteiger partial charge on any atom is -0.497 e. The molecule has 7 heteroatoms. The summed E-state index contributed by atoms with van der Waals surface area (Å²) >= 11 is 0. The van der Waals surface area contributed by atoms with Gasteiger partial charge in [-0.3, -0.25) is 4.79 Å². The molecule has 0 unspecified atom stereocenters. The molecule has 0 heterocycles. The number of carbonyl (C=O) groups excluding carboxylic acids is 1. The zero-order chi connectivity index (χ0) is 22.4. The Hall–Kier alpha value is -3.16. The number of nitrogens with zero attached hydrogens (tertiary/aromatic N) is 1. The number of amides is 1. The Balaban J connectivity index is 1.86. The quantitative estimate of drug-likeness (QED) is 0.574. The van der Waals surface area contributed by atoms with Gasteiger partial charge in [0, 0.05) is 12.2 Å². The molecule has 3 aromatic carbocycles. The Kier molecular flexibility index (Phi) is 7.09. The van der Waals surface area contributed by atoms with Crippen LogP contribution in [0.3, 0.4) is 0 Å². The van der Waals surface area contributed by atoms with Crippen LogP contribution in [0, 0.1) is 13.8 Å². The summed E-state index contributed by atoms with van der Waals surface area (Å²) in [6.07, 6.45) is 0. The highest BCUT2D eigenvalue weighted by Crippen LogP contribution is 2.22. The molecule has 0 aliphatic rings. The summed E-state index contributed by atoms with van der Waals surface area (Å²) in [7, 11) is -2.39. The first kappa shape index (κ1) is 22.5. The normalized spacial score (nSPS) is 11.4. The summed E-state index contributed by atoms with van der Waals surface area (Å²) in [6.45, 7) is 3.72. The van der Waals surface area contributed by atoms with Crippen LogP contribution in [0.25, 0.3) is 0 Å². The fourth-order valence-electron chi connectivity index (χ4n) is 3.09. The molecule has 0 atom stereocenters. The molecule has 6 nitrogen and oxygen atoms in total. The topological polar surface area (TPSA) is 75.7 Å². The first-order valence-corrected chi connectivity index (χ1v) is 11.3. The molecule has 0 aromatic heterocycles. The second kappa shape index (κ2) is 9.76. The summed E-state index contributed by atoms with van der Waals surface area (Å²) in [5, 5.41) is 2.80. The second-order valence-electron chi connectivity index (χ2n) is 7.28. The SMILES string of the molecule is COc1ccc(S(=O)(=O)N(CC(=O)Nc2ccc(C)c(C)c2)Cc2ccccc2)cc1. The van der Waals surface area contributed by atoms with Crippen molar-refractivity contribution in [3.05, 3.63) is 89.5 Å². The molecule has 0 bridgehead atoms. The van der Waals surface area contributed by atoms with Crippen LogP contribution in [0.1, 0.15) is 16.7 Å². The average Bonchev–Trinajstić information content (AvgIpc) is 2.76. The smallest absolute Gasteiger partial charge is 0.243 e. The zero-order valence-corrected chi connectivity index (χ0v) is 18.6. The fourth-order valence-corrected chi connectivity index (χ4v) is 4.47. The van der Waals surface area contributed by atoms with Gasteiger partial charge in [0.2, 0.25) is 15.9 Å². The Labute approximate surface area is 183 Å². The van der Waals surface area contributed by atoms with Gasteiger partial charge in [-0.05, 0) is 66.9 Å². The summed E-state index contributed by atoms with van der Waals surface area (Å²) < 4.78 is 33.0. The van der Waals surface area contributed by atoms with Crippen LogP contribution in [-0.2, 0) is 21.4 Å². The fraction of sp³-hybridized carbons (Fsp3) is 0.208.